The third-order valence-electron chi connectivity index (χ3n) is 3.82. The van der Waals surface area contributed by atoms with Crippen LogP contribution in [0.15, 0.2) is 36.5 Å². The molecule has 0 spiro atoms. The lowest BCUT2D eigenvalue weighted by molar-refractivity contribution is 0.0636. The molecule has 21 heavy (non-hydrogen) atoms. The van der Waals surface area contributed by atoms with Crippen molar-refractivity contribution in [3.05, 3.63) is 52.8 Å². The summed E-state index contributed by atoms with van der Waals surface area (Å²) in [6.07, 6.45) is 3.05. The molecule has 2 heterocycles. The topological polar surface area (TPSA) is 49.2 Å². The van der Waals surface area contributed by atoms with Crippen LogP contribution in [0.4, 0.5) is 5.95 Å². The quantitative estimate of drug-likeness (QED) is 0.947. The highest BCUT2D eigenvalue weighted by atomic mass is 35.5. The Kier molecular flexibility index (Phi) is 3.83. The number of nitrogens with zero attached hydrogens (tertiary/aromatic N) is 3. The first-order valence-corrected chi connectivity index (χ1v) is 7.43. The summed E-state index contributed by atoms with van der Waals surface area (Å²) in [7, 11) is 0. The number of β-amino-alcohol motifs (C(OH)–C–C–N with tert-alkyl or cyclic N) is 1. The van der Waals surface area contributed by atoms with Gasteiger partial charge in [-0.05, 0) is 37.1 Å². The standard InChI is InChI=1S/C16H18ClN3O/c1-12-5-7-18-15(19-12)20-8-6-16(21,11-20)10-13-3-2-4-14(17)9-13/h2-5,7,9,21H,6,8,10-11H2,1H3/t16-/m1/s1. The van der Waals surface area contributed by atoms with Crippen molar-refractivity contribution in [3.63, 3.8) is 0 Å². The Morgan fingerprint density at radius 1 is 1.38 bits per heavy atom. The molecule has 1 fully saturated rings. The molecule has 1 aliphatic heterocycles. The van der Waals surface area contributed by atoms with Gasteiger partial charge in [-0.3, -0.25) is 0 Å². The van der Waals surface area contributed by atoms with Crippen LogP contribution in [0, 0.1) is 6.92 Å². The molecule has 1 N–H and O–H groups in total. The number of aryl methyl sites for hydroxylation is 1. The number of halogens is 1. The van der Waals surface area contributed by atoms with Gasteiger partial charge in [0.15, 0.2) is 0 Å². The van der Waals surface area contributed by atoms with E-state index in [2.05, 4.69) is 9.97 Å². The largest absolute Gasteiger partial charge is 0.388 e. The summed E-state index contributed by atoms with van der Waals surface area (Å²) in [5.41, 5.74) is 1.24. The van der Waals surface area contributed by atoms with E-state index in [1.54, 1.807) is 6.20 Å². The number of aromatic nitrogens is 2. The maximum absolute atomic E-state index is 10.8. The van der Waals surface area contributed by atoms with E-state index in [4.69, 9.17) is 11.6 Å². The van der Waals surface area contributed by atoms with Gasteiger partial charge in [-0.15, -0.1) is 0 Å². The number of anilines is 1. The van der Waals surface area contributed by atoms with Crippen molar-refractivity contribution in [1.82, 2.24) is 9.97 Å². The first kappa shape index (κ1) is 14.3. The van der Waals surface area contributed by atoms with Crippen molar-refractivity contribution < 1.29 is 5.11 Å². The molecule has 0 amide bonds. The Hall–Kier alpha value is -1.65. The van der Waals surface area contributed by atoms with Crippen LogP contribution >= 0.6 is 11.6 Å². The fourth-order valence-corrected chi connectivity index (χ4v) is 3.00. The Morgan fingerprint density at radius 3 is 3.00 bits per heavy atom. The maximum Gasteiger partial charge on any atom is 0.225 e. The van der Waals surface area contributed by atoms with Crippen molar-refractivity contribution in [3.8, 4) is 0 Å². The highest BCUT2D eigenvalue weighted by molar-refractivity contribution is 6.30. The molecular formula is C16H18ClN3O. The van der Waals surface area contributed by atoms with Gasteiger partial charge in [-0.25, -0.2) is 9.97 Å². The van der Waals surface area contributed by atoms with Gasteiger partial charge in [0.2, 0.25) is 5.95 Å². The van der Waals surface area contributed by atoms with Gasteiger partial charge in [0, 0.05) is 36.4 Å². The van der Waals surface area contributed by atoms with Gasteiger partial charge in [-0.1, -0.05) is 23.7 Å². The van der Waals surface area contributed by atoms with Gasteiger partial charge < -0.3 is 10.0 Å². The van der Waals surface area contributed by atoms with E-state index in [9.17, 15) is 5.11 Å². The third-order valence-corrected chi connectivity index (χ3v) is 4.05. The van der Waals surface area contributed by atoms with Crippen molar-refractivity contribution in [2.75, 3.05) is 18.0 Å². The summed E-state index contributed by atoms with van der Waals surface area (Å²) in [6.45, 7) is 3.25. The van der Waals surface area contributed by atoms with Crippen molar-refractivity contribution in [1.29, 1.82) is 0 Å². The first-order valence-electron chi connectivity index (χ1n) is 7.06. The lowest BCUT2D eigenvalue weighted by atomic mass is 9.94. The summed E-state index contributed by atoms with van der Waals surface area (Å²) in [6, 6.07) is 9.53. The minimum Gasteiger partial charge on any atom is -0.388 e. The minimum absolute atomic E-state index is 0.545. The predicted molar refractivity (Wildman–Crippen MR) is 83.7 cm³/mol. The molecule has 0 saturated carbocycles. The first-order chi connectivity index (χ1) is 10.0. The van der Waals surface area contributed by atoms with E-state index in [1.807, 2.05) is 42.2 Å². The smallest absolute Gasteiger partial charge is 0.225 e. The molecule has 4 nitrogen and oxygen atoms in total. The third kappa shape index (κ3) is 3.34. The normalized spacial score (nSPS) is 21.8. The second-order valence-electron chi connectivity index (χ2n) is 5.70. The molecule has 1 saturated heterocycles. The molecule has 1 aromatic heterocycles. The van der Waals surface area contributed by atoms with Gasteiger partial charge in [0.25, 0.3) is 0 Å². The number of benzene rings is 1. The van der Waals surface area contributed by atoms with Crippen LogP contribution in [-0.2, 0) is 6.42 Å². The highest BCUT2D eigenvalue weighted by Crippen LogP contribution is 2.28. The zero-order chi connectivity index (χ0) is 14.9. The van der Waals surface area contributed by atoms with E-state index >= 15 is 0 Å². The van der Waals surface area contributed by atoms with E-state index < -0.39 is 5.60 Å². The molecule has 0 radical (unpaired) electrons. The molecule has 5 heteroatoms. The second-order valence-corrected chi connectivity index (χ2v) is 6.14. The van der Waals surface area contributed by atoms with E-state index in [0.717, 1.165) is 17.8 Å². The Balaban J connectivity index is 1.73. The molecule has 0 aliphatic carbocycles. The van der Waals surface area contributed by atoms with Crippen LogP contribution in [0.1, 0.15) is 17.7 Å². The molecule has 110 valence electrons. The zero-order valence-electron chi connectivity index (χ0n) is 12.0. The number of rotatable bonds is 3. The van der Waals surface area contributed by atoms with Gasteiger partial charge >= 0.3 is 0 Å². The van der Waals surface area contributed by atoms with Gasteiger partial charge in [-0.2, -0.15) is 0 Å². The molecule has 2 aromatic rings. The summed E-state index contributed by atoms with van der Waals surface area (Å²) in [4.78, 5) is 10.8. The molecule has 1 aliphatic rings. The number of hydrogen-bond acceptors (Lipinski definition) is 4. The van der Waals surface area contributed by atoms with Crippen molar-refractivity contribution >= 4 is 17.5 Å². The van der Waals surface area contributed by atoms with Crippen LogP contribution in [0.2, 0.25) is 5.02 Å². The zero-order valence-corrected chi connectivity index (χ0v) is 12.7. The van der Waals surface area contributed by atoms with Gasteiger partial charge in [0.1, 0.15) is 0 Å². The van der Waals surface area contributed by atoms with Gasteiger partial charge in [0.05, 0.1) is 5.60 Å². The molecular weight excluding hydrogens is 286 g/mol. The van der Waals surface area contributed by atoms with Crippen molar-refractivity contribution in [2.24, 2.45) is 0 Å². The fourth-order valence-electron chi connectivity index (χ4n) is 2.79. The number of aliphatic hydroxyl groups is 1. The summed E-state index contributed by atoms with van der Waals surface area (Å²) >= 11 is 6.01. The molecule has 1 atom stereocenters. The molecule has 0 bridgehead atoms. The molecule has 3 rings (SSSR count). The predicted octanol–water partition coefficient (Wildman–Crippen LogP) is 2.62. The second kappa shape index (κ2) is 5.62. The molecule has 1 aromatic carbocycles. The van der Waals surface area contributed by atoms with Crippen LogP contribution in [0.3, 0.4) is 0 Å². The molecule has 0 unspecified atom stereocenters. The SMILES string of the molecule is Cc1ccnc(N2CC[C@@](O)(Cc3cccc(Cl)c3)C2)n1. The summed E-state index contributed by atoms with van der Waals surface area (Å²) in [5, 5.41) is 11.5. The van der Waals surface area contributed by atoms with E-state index in [0.29, 0.717) is 30.4 Å². The Bertz CT molecular complexity index is 649. The summed E-state index contributed by atoms with van der Waals surface area (Å²) in [5.74, 6) is 0.692. The minimum atomic E-state index is -0.752. The Morgan fingerprint density at radius 2 is 2.24 bits per heavy atom. The fraction of sp³-hybridized carbons (Fsp3) is 0.375. The average Bonchev–Trinajstić information content (AvgIpc) is 2.81. The monoisotopic (exact) mass is 303 g/mol. The lowest BCUT2D eigenvalue weighted by Gasteiger charge is -2.23. The van der Waals surface area contributed by atoms with Crippen LogP contribution in [0.5, 0.6) is 0 Å². The summed E-state index contributed by atoms with van der Waals surface area (Å²) < 4.78 is 0. The van der Waals surface area contributed by atoms with Crippen LogP contribution < -0.4 is 4.90 Å². The Labute approximate surface area is 129 Å². The lowest BCUT2D eigenvalue weighted by Crippen LogP contribution is -2.36. The van der Waals surface area contributed by atoms with E-state index in [1.165, 1.54) is 0 Å². The van der Waals surface area contributed by atoms with E-state index in [-0.39, 0.29) is 0 Å². The number of hydrogen-bond donors (Lipinski definition) is 1. The maximum atomic E-state index is 10.8. The highest BCUT2D eigenvalue weighted by Gasteiger charge is 2.37. The average molecular weight is 304 g/mol. The van der Waals surface area contributed by atoms with Crippen LogP contribution in [0.25, 0.3) is 0 Å². The van der Waals surface area contributed by atoms with Crippen molar-refractivity contribution in [2.45, 2.75) is 25.4 Å². The van der Waals surface area contributed by atoms with Crippen LogP contribution in [-0.4, -0.2) is 33.8 Å².